The van der Waals surface area contributed by atoms with Gasteiger partial charge < -0.3 is 4.90 Å². The average Bonchev–Trinajstić information content (AvgIpc) is 3.24. The molecular weight excluding hydrogens is 367 g/mol. The van der Waals surface area contributed by atoms with E-state index in [1.165, 1.54) is 31.4 Å². The van der Waals surface area contributed by atoms with Gasteiger partial charge in [0, 0.05) is 28.9 Å². The summed E-state index contributed by atoms with van der Waals surface area (Å²) in [6.45, 7) is 3.95. The van der Waals surface area contributed by atoms with Crippen LogP contribution in [0.4, 0.5) is 5.69 Å². The minimum absolute atomic E-state index is 0.612. The number of hydrogen-bond acceptors (Lipinski definition) is 3. The third kappa shape index (κ3) is 2.50. The van der Waals surface area contributed by atoms with E-state index in [0.29, 0.717) is 16.1 Å². The standard InChI is InChI=1S/C20H20Cl2N4/c1-12-10-17-20-19(23-12)18(15-7-6-13(21)11-16(15)22)24-26(20)9-8-25(17)14-4-2-3-5-14/h6-7,10-11,14H,2-5,8-9H2,1H3. The fourth-order valence-corrected chi connectivity index (χ4v) is 4.95. The van der Waals surface area contributed by atoms with Gasteiger partial charge in [0.2, 0.25) is 0 Å². The molecule has 134 valence electrons. The Kier molecular flexibility index (Phi) is 3.87. The third-order valence-electron chi connectivity index (χ3n) is 5.62. The van der Waals surface area contributed by atoms with Crippen molar-refractivity contribution in [1.82, 2.24) is 14.8 Å². The van der Waals surface area contributed by atoms with Gasteiger partial charge in [-0.25, -0.2) is 4.98 Å². The molecule has 0 spiro atoms. The Hall–Kier alpha value is -1.78. The van der Waals surface area contributed by atoms with Crippen LogP contribution in [0.15, 0.2) is 24.3 Å². The lowest BCUT2D eigenvalue weighted by molar-refractivity contribution is 0.533. The van der Waals surface area contributed by atoms with E-state index in [1.807, 2.05) is 12.1 Å². The Morgan fingerprint density at radius 2 is 1.88 bits per heavy atom. The number of benzene rings is 1. The van der Waals surface area contributed by atoms with Crippen LogP contribution in [0.25, 0.3) is 22.3 Å². The maximum Gasteiger partial charge on any atom is 0.120 e. The molecule has 4 nitrogen and oxygen atoms in total. The molecular formula is C20H20Cl2N4. The Morgan fingerprint density at radius 3 is 2.65 bits per heavy atom. The van der Waals surface area contributed by atoms with Crippen molar-refractivity contribution in [3.05, 3.63) is 40.0 Å². The lowest BCUT2D eigenvalue weighted by atomic mass is 10.1. The molecule has 5 rings (SSSR count). The molecule has 1 saturated carbocycles. The van der Waals surface area contributed by atoms with Crippen molar-refractivity contribution in [3.8, 4) is 11.3 Å². The second-order valence-corrected chi connectivity index (χ2v) is 8.15. The zero-order chi connectivity index (χ0) is 17.8. The van der Waals surface area contributed by atoms with Crippen LogP contribution in [-0.2, 0) is 6.54 Å². The molecule has 0 saturated heterocycles. The predicted molar refractivity (Wildman–Crippen MR) is 107 cm³/mol. The fourth-order valence-electron chi connectivity index (χ4n) is 4.45. The first-order valence-corrected chi connectivity index (χ1v) is 9.97. The summed E-state index contributed by atoms with van der Waals surface area (Å²) < 4.78 is 2.10. The summed E-state index contributed by atoms with van der Waals surface area (Å²) in [6, 6.07) is 8.42. The monoisotopic (exact) mass is 386 g/mol. The van der Waals surface area contributed by atoms with Crippen molar-refractivity contribution in [3.63, 3.8) is 0 Å². The minimum atomic E-state index is 0.612. The highest BCUT2D eigenvalue weighted by atomic mass is 35.5. The van der Waals surface area contributed by atoms with Crippen LogP contribution in [0, 0.1) is 6.92 Å². The van der Waals surface area contributed by atoms with Crippen LogP contribution in [0.3, 0.4) is 0 Å². The molecule has 0 unspecified atom stereocenters. The van der Waals surface area contributed by atoms with Gasteiger partial charge in [0.05, 0.1) is 17.3 Å². The first kappa shape index (κ1) is 16.4. The van der Waals surface area contributed by atoms with Crippen molar-refractivity contribution in [2.45, 2.75) is 45.2 Å². The van der Waals surface area contributed by atoms with Crippen molar-refractivity contribution in [2.24, 2.45) is 0 Å². The van der Waals surface area contributed by atoms with E-state index in [4.69, 9.17) is 33.3 Å². The van der Waals surface area contributed by atoms with E-state index in [1.54, 1.807) is 6.07 Å². The summed E-state index contributed by atoms with van der Waals surface area (Å²) in [5.74, 6) is 0. The molecule has 0 radical (unpaired) electrons. The second-order valence-electron chi connectivity index (χ2n) is 7.31. The zero-order valence-electron chi connectivity index (χ0n) is 14.7. The van der Waals surface area contributed by atoms with E-state index in [2.05, 4.69) is 22.6 Å². The number of pyridine rings is 1. The van der Waals surface area contributed by atoms with Crippen molar-refractivity contribution < 1.29 is 0 Å². The number of anilines is 1. The number of halogens is 2. The molecule has 1 aliphatic heterocycles. The maximum atomic E-state index is 6.47. The first-order valence-electron chi connectivity index (χ1n) is 9.22. The van der Waals surface area contributed by atoms with Crippen molar-refractivity contribution in [1.29, 1.82) is 0 Å². The van der Waals surface area contributed by atoms with Crippen LogP contribution in [0.2, 0.25) is 10.0 Å². The van der Waals surface area contributed by atoms with E-state index in [-0.39, 0.29) is 0 Å². The van der Waals surface area contributed by atoms with Crippen LogP contribution < -0.4 is 4.90 Å². The van der Waals surface area contributed by atoms with Crippen LogP contribution >= 0.6 is 23.2 Å². The second kappa shape index (κ2) is 6.14. The average molecular weight is 387 g/mol. The van der Waals surface area contributed by atoms with E-state index >= 15 is 0 Å². The summed E-state index contributed by atoms with van der Waals surface area (Å²) in [5.41, 5.74) is 6.09. The maximum absolute atomic E-state index is 6.47. The van der Waals surface area contributed by atoms with Crippen LogP contribution in [0.5, 0.6) is 0 Å². The van der Waals surface area contributed by atoms with Crippen molar-refractivity contribution >= 4 is 39.9 Å². The van der Waals surface area contributed by atoms with Crippen LogP contribution in [-0.4, -0.2) is 27.4 Å². The quantitative estimate of drug-likeness (QED) is 0.584. The molecule has 3 aromatic rings. The molecule has 1 aliphatic carbocycles. The van der Waals surface area contributed by atoms with Gasteiger partial charge in [-0.05, 0) is 44.0 Å². The first-order chi connectivity index (χ1) is 12.6. The summed E-state index contributed by atoms with van der Waals surface area (Å²) in [5, 5.41) is 6.12. The molecule has 0 N–H and O–H groups in total. The molecule has 0 atom stereocenters. The summed E-state index contributed by atoms with van der Waals surface area (Å²) in [7, 11) is 0. The van der Waals surface area contributed by atoms with Gasteiger partial charge in [0.1, 0.15) is 16.7 Å². The van der Waals surface area contributed by atoms with Crippen molar-refractivity contribution in [2.75, 3.05) is 11.4 Å². The molecule has 2 aliphatic rings. The lowest BCUT2D eigenvalue weighted by Gasteiger charge is -2.35. The number of rotatable bonds is 2. The highest BCUT2D eigenvalue weighted by Crippen LogP contribution is 2.40. The minimum Gasteiger partial charge on any atom is -0.365 e. The topological polar surface area (TPSA) is 34.0 Å². The molecule has 1 aromatic carbocycles. The lowest BCUT2D eigenvalue weighted by Crippen LogP contribution is -2.39. The van der Waals surface area contributed by atoms with Gasteiger partial charge in [-0.3, -0.25) is 4.68 Å². The Balaban J connectivity index is 1.73. The highest BCUT2D eigenvalue weighted by Gasteiger charge is 2.30. The Labute approximate surface area is 162 Å². The van der Waals surface area contributed by atoms with E-state index < -0.39 is 0 Å². The summed E-state index contributed by atoms with van der Waals surface area (Å²) in [4.78, 5) is 7.42. The van der Waals surface area contributed by atoms with Crippen LogP contribution in [0.1, 0.15) is 31.4 Å². The van der Waals surface area contributed by atoms with Gasteiger partial charge in [-0.1, -0.05) is 36.0 Å². The molecule has 3 heterocycles. The molecule has 0 amide bonds. The normalized spacial score (nSPS) is 17.4. The fraction of sp³-hybridized carbons (Fsp3) is 0.400. The van der Waals surface area contributed by atoms with Gasteiger partial charge in [0.15, 0.2) is 0 Å². The summed E-state index contributed by atoms with van der Waals surface area (Å²) in [6.07, 6.45) is 5.23. The zero-order valence-corrected chi connectivity index (χ0v) is 16.2. The number of aromatic nitrogens is 3. The smallest absolute Gasteiger partial charge is 0.120 e. The predicted octanol–water partition coefficient (Wildman–Crippen LogP) is 5.48. The number of nitrogens with zero attached hydrogens (tertiary/aromatic N) is 4. The number of aryl methyl sites for hydroxylation is 1. The van der Waals surface area contributed by atoms with Gasteiger partial charge in [-0.2, -0.15) is 5.10 Å². The molecule has 2 aromatic heterocycles. The Morgan fingerprint density at radius 1 is 1.08 bits per heavy atom. The molecule has 6 heteroatoms. The van der Waals surface area contributed by atoms with Gasteiger partial charge in [-0.15, -0.1) is 0 Å². The van der Waals surface area contributed by atoms with E-state index in [9.17, 15) is 0 Å². The summed E-state index contributed by atoms with van der Waals surface area (Å²) >= 11 is 12.5. The highest BCUT2D eigenvalue weighted by molar-refractivity contribution is 6.36. The largest absolute Gasteiger partial charge is 0.365 e. The molecule has 26 heavy (non-hydrogen) atoms. The Bertz CT molecular complexity index is 1000. The molecule has 1 fully saturated rings. The molecule has 0 bridgehead atoms. The number of hydrogen-bond donors (Lipinski definition) is 0. The third-order valence-corrected chi connectivity index (χ3v) is 6.17. The SMILES string of the molecule is Cc1cc2c3c(n1)c(-c1ccc(Cl)cc1Cl)nn3CCN2C1CCCC1. The van der Waals surface area contributed by atoms with Gasteiger partial charge >= 0.3 is 0 Å². The van der Waals surface area contributed by atoms with Gasteiger partial charge in [0.25, 0.3) is 0 Å². The van der Waals surface area contributed by atoms with E-state index in [0.717, 1.165) is 41.1 Å².